The maximum absolute atomic E-state index is 13.1. The van der Waals surface area contributed by atoms with Crippen LogP contribution in [0.3, 0.4) is 0 Å². The van der Waals surface area contributed by atoms with Crippen molar-refractivity contribution in [1.29, 1.82) is 0 Å². The Morgan fingerprint density at radius 1 is 1.16 bits per heavy atom. The molecule has 12 nitrogen and oxygen atoms in total. The molecule has 0 saturated heterocycles. The molecule has 3 heterocycles. The van der Waals surface area contributed by atoms with E-state index in [0.29, 0.717) is 39.3 Å². The molecule has 1 amide bonds. The van der Waals surface area contributed by atoms with Gasteiger partial charge in [0.1, 0.15) is 18.0 Å². The zero-order valence-corrected chi connectivity index (χ0v) is 20.5. The van der Waals surface area contributed by atoms with Crippen molar-refractivity contribution in [3.8, 4) is 28.2 Å². The maximum Gasteiger partial charge on any atom is 0.411 e. The molecule has 0 fully saturated rings. The van der Waals surface area contributed by atoms with Gasteiger partial charge in [0.2, 0.25) is 0 Å². The van der Waals surface area contributed by atoms with Crippen LogP contribution in [0.2, 0.25) is 5.02 Å². The molecule has 2 N–H and O–H groups in total. The quantitative estimate of drug-likeness (QED) is 0.348. The van der Waals surface area contributed by atoms with Gasteiger partial charge in [0.15, 0.2) is 0 Å². The standard InChI is InChI=1S/C24H20ClN9O3/c1-14-28-19(18-9-16(25)5-8-21(18)34-13-27-31-32-34)10-23(35)33(14)12-22-26-11-20(30-22)15-3-6-17(7-4-15)29-24(36)37-2/h3-11,13H,12H2,1-2H3,(H,26,30)(H,29,36). The van der Waals surface area contributed by atoms with Gasteiger partial charge in [0, 0.05) is 22.3 Å². The Morgan fingerprint density at radius 3 is 2.68 bits per heavy atom. The summed E-state index contributed by atoms with van der Waals surface area (Å²) in [5.41, 5.74) is 3.70. The first-order valence-corrected chi connectivity index (χ1v) is 11.4. The van der Waals surface area contributed by atoms with Gasteiger partial charge in [0.25, 0.3) is 5.56 Å². The summed E-state index contributed by atoms with van der Waals surface area (Å²) in [6.45, 7) is 1.96. The molecule has 5 aromatic rings. The molecule has 0 atom stereocenters. The second-order valence-corrected chi connectivity index (χ2v) is 8.40. The summed E-state index contributed by atoms with van der Waals surface area (Å²) in [5.74, 6) is 1.09. The third-order valence-corrected chi connectivity index (χ3v) is 5.83. The van der Waals surface area contributed by atoms with E-state index in [1.807, 2.05) is 12.1 Å². The van der Waals surface area contributed by atoms with E-state index < -0.39 is 6.09 Å². The van der Waals surface area contributed by atoms with Crippen LogP contribution in [-0.4, -0.2) is 52.9 Å². The van der Waals surface area contributed by atoms with Gasteiger partial charge >= 0.3 is 6.09 Å². The first-order chi connectivity index (χ1) is 17.9. The summed E-state index contributed by atoms with van der Waals surface area (Å²) < 4.78 is 7.60. The van der Waals surface area contributed by atoms with Crippen molar-refractivity contribution < 1.29 is 9.53 Å². The Hall–Kier alpha value is -4.84. The zero-order valence-electron chi connectivity index (χ0n) is 19.7. The number of nitrogens with zero attached hydrogens (tertiary/aromatic N) is 7. The number of benzene rings is 2. The van der Waals surface area contributed by atoms with Crippen LogP contribution in [0.5, 0.6) is 0 Å². The van der Waals surface area contributed by atoms with E-state index in [9.17, 15) is 9.59 Å². The van der Waals surface area contributed by atoms with Gasteiger partial charge in [-0.05, 0) is 53.2 Å². The minimum Gasteiger partial charge on any atom is -0.453 e. The number of methoxy groups -OCH3 is 1. The second-order valence-electron chi connectivity index (χ2n) is 7.97. The molecule has 13 heteroatoms. The maximum atomic E-state index is 13.1. The lowest BCUT2D eigenvalue weighted by atomic mass is 10.1. The number of ether oxygens (including phenoxy) is 1. The topological polar surface area (TPSA) is 146 Å². The van der Waals surface area contributed by atoms with Gasteiger partial charge in [-0.25, -0.2) is 14.8 Å². The van der Waals surface area contributed by atoms with Crippen molar-refractivity contribution in [2.45, 2.75) is 13.5 Å². The molecule has 0 radical (unpaired) electrons. The Morgan fingerprint density at radius 2 is 1.97 bits per heavy atom. The molecule has 0 spiro atoms. The first-order valence-electron chi connectivity index (χ1n) is 11.0. The summed E-state index contributed by atoms with van der Waals surface area (Å²) in [5, 5.41) is 14.4. The van der Waals surface area contributed by atoms with Crippen LogP contribution in [0.1, 0.15) is 11.6 Å². The number of anilines is 1. The summed E-state index contributed by atoms with van der Waals surface area (Å²) in [4.78, 5) is 36.8. The number of imidazole rings is 1. The van der Waals surface area contributed by atoms with Crippen molar-refractivity contribution in [2.24, 2.45) is 0 Å². The fourth-order valence-corrected chi connectivity index (χ4v) is 3.95. The Bertz CT molecular complexity index is 1630. The van der Waals surface area contributed by atoms with E-state index in [0.717, 1.165) is 11.3 Å². The number of hydrogen-bond acceptors (Lipinski definition) is 8. The van der Waals surface area contributed by atoms with Crippen LogP contribution in [0.4, 0.5) is 10.5 Å². The average Bonchev–Trinajstić information content (AvgIpc) is 3.59. The molecular formula is C24H20ClN9O3. The summed E-state index contributed by atoms with van der Waals surface area (Å²) >= 11 is 6.23. The van der Waals surface area contributed by atoms with Crippen LogP contribution >= 0.6 is 11.6 Å². The lowest BCUT2D eigenvalue weighted by Gasteiger charge is -2.12. The number of aryl methyl sites for hydroxylation is 1. The number of rotatable bonds is 6. The van der Waals surface area contributed by atoms with Crippen LogP contribution in [0, 0.1) is 6.92 Å². The van der Waals surface area contributed by atoms with Crippen LogP contribution < -0.4 is 10.9 Å². The van der Waals surface area contributed by atoms with Gasteiger partial charge in [-0.15, -0.1) is 5.10 Å². The van der Waals surface area contributed by atoms with Crippen LogP contribution in [0.25, 0.3) is 28.2 Å². The lowest BCUT2D eigenvalue weighted by Crippen LogP contribution is -2.24. The highest BCUT2D eigenvalue weighted by atomic mass is 35.5. The normalized spacial score (nSPS) is 10.9. The Balaban J connectivity index is 1.40. The number of carbonyl (C=O) groups is 1. The molecule has 0 aliphatic carbocycles. The van der Waals surface area contributed by atoms with Gasteiger partial charge in [-0.1, -0.05) is 23.7 Å². The Labute approximate surface area is 214 Å². The monoisotopic (exact) mass is 517 g/mol. The lowest BCUT2D eigenvalue weighted by molar-refractivity contribution is 0.187. The fourth-order valence-electron chi connectivity index (χ4n) is 3.78. The fraction of sp³-hybridized carbons (Fsp3) is 0.125. The first kappa shape index (κ1) is 23.9. The predicted octanol–water partition coefficient (Wildman–Crippen LogP) is 3.46. The van der Waals surface area contributed by atoms with Gasteiger partial charge < -0.3 is 9.72 Å². The second kappa shape index (κ2) is 10.0. The molecule has 3 aromatic heterocycles. The highest BCUT2D eigenvalue weighted by molar-refractivity contribution is 6.31. The van der Waals surface area contributed by atoms with Crippen molar-refractivity contribution in [3.63, 3.8) is 0 Å². The van der Waals surface area contributed by atoms with E-state index in [2.05, 4.69) is 40.5 Å². The van der Waals surface area contributed by atoms with Crippen molar-refractivity contribution in [3.05, 3.63) is 88.1 Å². The number of nitrogens with one attached hydrogen (secondary N) is 2. The molecule has 0 aliphatic rings. The summed E-state index contributed by atoms with van der Waals surface area (Å²) in [6.07, 6.45) is 2.60. The van der Waals surface area contributed by atoms with E-state index in [1.165, 1.54) is 28.8 Å². The molecule has 0 aliphatic heterocycles. The number of aromatic nitrogens is 8. The number of hydrogen-bond donors (Lipinski definition) is 2. The third-order valence-electron chi connectivity index (χ3n) is 5.59. The zero-order chi connectivity index (χ0) is 25.9. The molecule has 0 saturated carbocycles. The number of aromatic amines is 1. The van der Waals surface area contributed by atoms with E-state index in [-0.39, 0.29) is 12.1 Å². The third kappa shape index (κ3) is 5.09. The van der Waals surface area contributed by atoms with Crippen molar-refractivity contribution in [1.82, 2.24) is 39.7 Å². The summed E-state index contributed by atoms with van der Waals surface area (Å²) in [7, 11) is 1.30. The average molecular weight is 518 g/mol. The van der Waals surface area contributed by atoms with E-state index in [4.69, 9.17) is 11.6 Å². The molecule has 5 rings (SSSR count). The number of H-pyrrole nitrogens is 1. The minimum atomic E-state index is -0.543. The largest absolute Gasteiger partial charge is 0.453 e. The van der Waals surface area contributed by atoms with Crippen molar-refractivity contribution in [2.75, 3.05) is 12.4 Å². The number of carbonyl (C=O) groups excluding carboxylic acids is 1. The van der Waals surface area contributed by atoms with Crippen molar-refractivity contribution >= 4 is 23.4 Å². The highest BCUT2D eigenvalue weighted by Crippen LogP contribution is 2.27. The van der Waals surface area contributed by atoms with Gasteiger partial charge in [-0.2, -0.15) is 4.68 Å². The SMILES string of the molecule is COC(=O)Nc1ccc(-c2cnc(Cn3c(C)nc(-c4cc(Cl)ccc4-n4cnnn4)cc3=O)[nH]2)cc1. The molecular weight excluding hydrogens is 498 g/mol. The van der Waals surface area contributed by atoms with E-state index in [1.54, 1.807) is 43.5 Å². The Kier molecular flexibility index (Phi) is 6.47. The van der Waals surface area contributed by atoms with Crippen LogP contribution in [-0.2, 0) is 11.3 Å². The minimum absolute atomic E-state index is 0.204. The number of halogens is 1. The van der Waals surface area contributed by atoms with E-state index >= 15 is 0 Å². The predicted molar refractivity (Wildman–Crippen MR) is 136 cm³/mol. The molecule has 37 heavy (non-hydrogen) atoms. The molecule has 186 valence electrons. The van der Waals surface area contributed by atoms with Gasteiger partial charge in [-0.3, -0.25) is 14.7 Å². The molecule has 2 aromatic carbocycles. The summed E-state index contributed by atoms with van der Waals surface area (Å²) in [6, 6.07) is 13.8. The van der Waals surface area contributed by atoms with Gasteiger partial charge in [0.05, 0.1) is 36.9 Å². The van der Waals surface area contributed by atoms with Crippen LogP contribution in [0.15, 0.2) is 65.8 Å². The number of tetrazole rings is 1. The smallest absolute Gasteiger partial charge is 0.411 e. The molecule has 0 unspecified atom stereocenters. The highest BCUT2D eigenvalue weighted by Gasteiger charge is 2.15. The number of amides is 1. The molecule has 0 bridgehead atoms.